The number of aromatic nitrogens is 2. The Labute approximate surface area is 90.2 Å². The second-order valence-electron chi connectivity index (χ2n) is 2.30. The molecule has 6 nitrogen and oxygen atoms in total. The third kappa shape index (κ3) is 2.63. The second-order valence-corrected chi connectivity index (χ2v) is 2.30. The van der Waals surface area contributed by atoms with Crippen LogP contribution in [0.2, 0.25) is 0 Å². The normalized spacial score (nSPS) is 9.38. The summed E-state index contributed by atoms with van der Waals surface area (Å²) in [7, 11) is 0. The molecule has 7 heteroatoms. The van der Waals surface area contributed by atoms with Crippen LogP contribution in [0.25, 0.3) is 0 Å². The molecule has 0 aliphatic rings. The Balaban J connectivity index is 0.00000144. The van der Waals surface area contributed by atoms with E-state index in [4.69, 9.17) is 5.11 Å². The molecule has 1 N–H and O–H groups in total. The molecule has 0 fully saturated rings. The fraction of sp³-hybridized carbons (Fsp3) is 0.500. The minimum absolute atomic E-state index is 0. The molecule has 1 aromatic rings. The van der Waals surface area contributed by atoms with Crippen LogP contribution in [0.1, 0.15) is 5.82 Å². The molecule has 1 heterocycles. The molecule has 0 saturated heterocycles. The zero-order valence-corrected chi connectivity index (χ0v) is 9.06. The van der Waals surface area contributed by atoms with E-state index in [1.54, 1.807) is 6.92 Å². The van der Waals surface area contributed by atoms with Crippen molar-refractivity contribution < 1.29 is 32.4 Å². The van der Waals surface area contributed by atoms with Gasteiger partial charge in [0.15, 0.2) is 5.82 Å². The molecule has 76 valence electrons. The van der Waals surface area contributed by atoms with Gasteiger partial charge in [-0.3, -0.25) is 0 Å². The summed E-state index contributed by atoms with van der Waals surface area (Å²) in [5.41, 5.74) is 0. The molecule has 1 aromatic heterocycles. The average Bonchev–Trinajstić information content (AvgIpc) is 2.34. The molecular formula is C6H9AuN3O3+. The van der Waals surface area contributed by atoms with Gasteiger partial charge >= 0.3 is 28.2 Å². The van der Waals surface area contributed by atoms with E-state index < -0.39 is 4.92 Å². The number of aliphatic hydroxyl groups excluding tert-OH is 1. The zero-order valence-electron chi connectivity index (χ0n) is 6.90. The number of rotatable bonds is 3. The predicted molar refractivity (Wildman–Crippen MR) is 40.7 cm³/mol. The molecule has 0 saturated carbocycles. The molecule has 1 rings (SSSR count). The first kappa shape index (κ1) is 12.3. The quantitative estimate of drug-likeness (QED) is 0.466. The number of imidazole rings is 1. The summed E-state index contributed by atoms with van der Waals surface area (Å²) in [6.07, 6.45) is 1.19. The molecule has 0 bridgehead atoms. The van der Waals surface area contributed by atoms with E-state index in [1.807, 2.05) is 0 Å². The van der Waals surface area contributed by atoms with Gasteiger partial charge in [-0.25, -0.2) is 9.55 Å². The Morgan fingerprint density at radius 1 is 1.77 bits per heavy atom. The van der Waals surface area contributed by atoms with Gasteiger partial charge in [0, 0.05) is 6.92 Å². The number of aryl methyl sites for hydroxylation is 1. The number of nitrogens with zero attached hydrogens (tertiary/aromatic N) is 3. The summed E-state index contributed by atoms with van der Waals surface area (Å²) in [6.45, 7) is 1.74. The van der Waals surface area contributed by atoms with Gasteiger partial charge in [-0.2, -0.15) is 0 Å². The molecule has 0 aliphatic heterocycles. The number of nitro groups is 1. The van der Waals surface area contributed by atoms with Crippen LogP contribution in [-0.4, -0.2) is 26.2 Å². The van der Waals surface area contributed by atoms with Gasteiger partial charge in [0.2, 0.25) is 0 Å². The van der Waals surface area contributed by atoms with E-state index in [2.05, 4.69) is 4.98 Å². The summed E-state index contributed by atoms with van der Waals surface area (Å²) in [5, 5.41) is 19.0. The molecule has 0 atom stereocenters. The van der Waals surface area contributed by atoms with Crippen LogP contribution in [0.15, 0.2) is 6.20 Å². The summed E-state index contributed by atoms with van der Waals surface area (Å²) >= 11 is 0. The van der Waals surface area contributed by atoms with Crippen molar-refractivity contribution in [3.05, 3.63) is 22.1 Å². The fourth-order valence-corrected chi connectivity index (χ4v) is 0.978. The predicted octanol–water partition coefficient (Wildman–Crippen LogP) is 0.0895. The van der Waals surface area contributed by atoms with Gasteiger partial charge in [-0.1, -0.05) is 0 Å². The first-order chi connectivity index (χ1) is 5.66. The third-order valence-corrected chi connectivity index (χ3v) is 1.54. The monoisotopic (exact) mass is 368 g/mol. The second kappa shape index (κ2) is 5.13. The Bertz CT molecular complexity index is 299. The third-order valence-electron chi connectivity index (χ3n) is 1.54. The van der Waals surface area contributed by atoms with Crippen molar-refractivity contribution in [3.8, 4) is 0 Å². The SMILES string of the molecule is Cc1ncc([N+](=O)[O-])n1CCO.[Au+]. The summed E-state index contributed by atoms with van der Waals surface area (Å²) in [4.78, 5) is 13.6. The average molecular weight is 368 g/mol. The van der Waals surface area contributed by atoms with Gasteiger partial charge in [-0.05, 0) is 4.92 Å². The van der Waals surface area contributed by atoms with Gasteiger partial charge < -0.3 is 15.2 Å². The van der Waals surface area contributed by atoms with E-state index in [0.29, 0.717) is 5.82 Å². The van der Waals surface area contributed by atoms with Crippen molar-refractivity contribution in [2.24, 2.45) is 0 Å². The van der Waals surface area contributed by atoms with Crippen molar-refractivity contribution >= 4 is 5.82 Å². The van der Waals surface area contributed by atoms with E-state index >= 15 is 0 Å². The van der Waals surface area contributed by atoms with Crippen molar-refractivity contribution in [2.75, 3.05) is 6.61 Å². The number of hydrogen-bond acceptors (Lipinski definition) is 4. The van der Waals surface area contributed by atoms with Crippen LogP contribution in [0.4, 0.5) is 5.82 Å². The van der Waals surface area contributed by atoms with Gasteiger partial charge in [0.05, 0.1) is 6.61 Å². The summed E-state index contributed by atoms with van der Waals surface area (Å²) in [5.74, 6) is 0.456. The largest absolute Gasteiger partial charge is 1.00 e. The molecule has 0 radical (unpaired) electrons. The number of hydrogen-bond donors (Lipinski definition) is 1. The molecular weight excluding hydrogens is 359 g/mol. The first-order valence-corrected chi connectivity index (χ1v) is 3.44. The topological polar surface area (TPSA) is 81.2 Å². The molecule has 0 amide bonds. The Kier molecular flexibility index (Phi) is 4.86. The molecule has 0 aromatic carbocycles. The molecule has 0 spiro atoms. The molecule has 0 aliphatic carbocycles. The van der Waals surface area contributed by atoms with Gasteiger partial charge in [-0.15, -0.1) is 0 Å². The van der Waals surface area contributed by atoms with Crippen LogP contribution >= 0.6 is 0 Å². The van der Waals surface area contributed by atoms with Crippen LogP contribution in [0.3, 0.4) is 0 Å². The number of aliphatic hydroxyl groups is 1. The van der Waals surface area contributed by atoms with Gasteiger partial charge in [0.25, 0.3) is 0 Å². The van der Waals surface area contributed by atoms with Crippen LogP contribution in [0.5, 0.6) is 0 Å². The molecule has 0 unspecified atom stereocenters. The minimum atomic E-state index is -0.518. The van der Waals surface area contributed by atoms with Crippen molar-refractivity contribution in [3.63, 3.8) is 0 Å². The van der Waals surface area contributed by atoms with E-state index in [-0.39, 0.29) is 41.3 Å². The fourth-order valence-electron chi connectivity index (χ4n) is 0.978. The zero-order chi connectivity index (χ0) is 9.14. The van der Waals surface area contributed by atoms with Crippen molar-refractivity contribution in [2.45, 2.75) is 13.5 Å². The maximum Gasteiger partial charge on any atom is 1.00 e. The maximum atomic E-state index is 10.4. The van der Waals surface area contributed by atoms with E-state index in [9.17, 15) is 10.1 Å². The standard InChI is InChI=1S/C6H9N3O3.Au/c1-5-7-4-6(9(11)12)8(5)2-3-10;/h4,10H,2-3H2,1H3;/q;+1. The minimum Gasteiger partial charge on any atom is -0.392 e. The Morgan fingerprint density at radius 2 is 2.38 bits per heavy atom. The van der Waals surface area contributed by atoms with E-state index in [0.717, 1.165) is 0 Å². The van der Waals surface area contributed by atoms with Crippen LogP contribution in [0, 0.1) is 17.0 Å². The van der Waals surface area contributed by atoms with Crippen LogP contribution in [-0.2, 0) is 28.9 Å². The Morgan fingerprint density at radius 3 is 2.85 bits per heavy atom. The Hall–Kier alpha value is -0.690. The van der Waals surface area contributed by atoms with Gasteiger partial charge in [0.1, 0.15) is 12.7 Å². The maximum absolute atomic E-state index is 10.4. The van der Waals surface area contributed by atoms with Crippen molar-refractivity contribution in [1.82, 2.24) is 9.55 Å². The smallest absolute Gasteiger partial charge is 0.392 e. The van der Waals surface area contributed by atoms with Crippen molar-refractivity contribution in [1.29, 1.82) is 0 Å². The first-order valence-electron chi connectivity index (χ1n) is 3.44. The summed E-state index contributed by atoms with van der Waals surface area (Å²) in [6, 6.07) is 0. The molecule has 13 heavy (non-hydrogen) atoms. The van der Waals surface area contributed by atoms with Crippen LogP contribution < -0.4 is 0 Å². The van der Waals surface area contributed by atoms with E-state index in [1.165, 1.54) is 10.8 Å². The summed E-state index contributed by atoms with van der Waals surface area (Å²) < 4.78 is 1.36.